The molecule has 0 bridgehead atoms. The quantitative estimate of drug-likeness (QED) is 0.876. The Labute approximate surface area is 129 Å². The maximum atomic E-state index is 6.11. The number of hydrogen-bond acceptors (Lipinski definition) is 5. The molecular formula is C15H18ClN3O2. The highest BCUT2D eigenvalue weighted by molar-refractivity contribution is 6.31. The Bertz CT molecular complexity index is 620. The maximum absolute atomic E-state index is 6.11. The molecule has 2 aromatic rings. The fraction of sp³-hybridized carbons (Fsp3) is 0.333. The van der Waals surface area contributed by atoms with Crippen molar-refractivity contribution in [2.75, 3.05) is 19.0 Å². The first-order valence-electron chi connectivity index (χ1n) is 6.78. The van der Waals surface area contributed by atoms with E-state index in [9.17, 15) is 0 Å². The van der Waals surface area contributed by atoms with E-state index in [-0.39, 0.29) is 0 Å². The average molecular weight is 308 g/mol. The number of halogens is 1. The van der Waals surface area contributed by atoms with Gasteiger partial charge in [0.1, 0.15) is 12.1 Å². The van der Waals surface area contributed by atoms with E-state index >= 15 is 0 Å². The number of methoxy groups -OCH3 is 1. The molecule has 5 nitrogen and oxygen atoms in total. The molecule has 0 amide bonds. The molecule has 21 heavy (non-hydrogen) atoms. The standard InChI is InChI=1S/C15H18ClN3O2/c1-4-10-8-11(6-7-12(10)16)21-15-13(20-3)14(17-5-2)18-9-19-15/h6-9H,4-5H2,1-3H3,(H,17,18,19). The van der Waals surface area contributed by atoms with E-state index < -0.39 is 0 Å². The molecule has 1 heterocycles. The minimum atomic E-state index is 0.368. The van der Waals surface area contributed by atoms with Gasteiger partial charge in [-0.05, 0) is 37.1 Å². The van der Waals surface area contributed by atoms with Gasteiger partial charge in [-0.1, -0.05) is 18.5 Å². The summed E-state index contributed by atoms with van der Waals surface area (Å²) in [6, 6.07) is 5.52. The Morgan fingerprint density at radius 3 is 2.71 bits per heavy atom. The molecule has 0 aliphatic rings. The van der Waals surface area contributed by atoms with Crippen molar-refractivity contribution in [3.05, 3.63) is 35.1 Å². The molecule has 0 saturated heterocycles. The van der Waals surface area contributed by atoms with Gasteiger partial charge in [-0.3, -0.25) is 0 Å². The van der Waals surface area contributed by atoms with E-state index in [2.05, 4.69) is 15.3 Å². The number of nitrogens with one attached hydrogen (secondary N) is 1. The highest BCUT2D eigenvalue weighted by Crippen LogP contribution is 2.35. The lowest BCUT2D eigenvalue weighted by molar-refractivity contribution is 0.369. The lowest BCUT2D eigenvalue weighted by atomic mass is 10.1. The van der Waals surface area contributed by atoms with Crippen molar-refractivity contribution >= 4 is 17.4 Å². The number of aryl methyl sites for hydroxylation is 1. The number of anilines is 1. The Hall–Kier alpha value is -2.01. The van der Waals surface area contributed by atoms with Crippen LogP contribution in [0.15, 0.2) is 24.5 Å². The van der Waals surface area contributed by atoms with Gasteiger partial charge >= 0.3 is 0 Å². The molecule has 0 aliphatic carbocycles. The second-order valence-corrected chi connectivity index (χ2v) is 4.71. The van der Waals surface area contributed by atoms with Crippen molar-refractivity contribution in [3.8, 4) is 17.4 Å². The summed E-state index contributed by atoms with van der Waals surface area (Å²) in [7, 11) is 1.56. The van der Waals surface area contributed by atoms with Crippen molar-refractivity contribution in [3.63, 3.8) is 0 Å². The van der Waals surface area contributed by atoms with E-state index in [4.69, 9.17) is 21.1 Å². The summed E-state index contributed by atoms with van der Waals surface area (Å²) >= 11 is 6.11. The van der Waals surface area contributed by atoms with Crippen molar-refractivity contribution in [1.29, 1.82) is 0 Å². The summed E-state index contributed by atoms with van der Waals surface area (Å²) in [5, 5.41) is 3.84. The van der Waals surface area contributed by atoms with Crippen LogP contribution in [-0.2, 0) is 6.42 Å². The van der Waals surface area contributed by atoms with Crippen LogP contribution in [0.4, 0.5) is 5.82 Å². The second-order valence-electron chi connectivity index (χ2n) is 4.30. The number of hydrogen-bond donors (Lipinski definition) is 1. The van der Waals surface area contributed by atoms with Gasteiger partial charge in [-0.25, -0.2) is 4.98 Å². The molecule has 0 atom stereocenters. The normalized spacial score (nSPS) is 10.3. The Kier molecular flexibility index (Phi) is 5.22. The first-order chi connectivity index (χ1) is 10.2. The topological polar surface area (TPSA) is 56.3 Å². The molecule has 0 saturated carbocycles. The smallest absolute Gasteiger partial charge is 0.268 e. The fourth-order valence-electron chi connectivity index (χ4n) is 1.90. The minimum absolute atomic E-state index is 0.368. The number of aromatic nitrogens is 2. The van der Waals surface area contributed by atoms with Crippen LogP contribution in [-0.4, -0.2) is 23.6 Å². The first kappa shape index (κ1) is 15.4. The van der Waals surface area contributed by atoms with E-state index in [1.165, 1.54) is 6.33 Å². The zero-order chi connectivity index (χ0) is 15.2. The number of benzene rings is 1. The van der Waals surface area contributed by atoms with Gasteiger partial charge in [-0.2, -0.15) is 4.98 Å². The average Bonchev–Trinajstić information content (AvgIpc) is 2.50. The monoisotopic (exact) mass is 307 g/mol. The molecule has 112 valence electrons. The Morgan fingerprint density at radius 1 is 1.24 bits per heavy atom. The number of ether oxygens (including phenoxy) is 2. The summed E-state index contributed by atoms with van der Waals surface area (Å²) in [5.41, 5.74) is 1.02. The van der Waals surface area contributed by atoms with Crippen LogP contribution in [0.25, 0.3) is 0 Å². The van der Waals surface area contributed by atoms with E-state index in [1.54, 1.807) is 13.2 Å². The third-order valence-corrected chi connectivity index (χ3v) is 3.30. The molecule has 1 N–H and O–H groups in total. The van der Waals surface area contributed by atoms with Crippen molar-refractivity contribution in [2.45, 2.75) is 20.3 Å². The van der Waals surface area contributed by atoms with Crippen LogP contribution in [0, 0.1) is 0 Å². The zero-order valence-electron chi connectivity index (χ0n) is 12.3. The molecule has 0 aliphatic heterocycles. The van der Waals surface area contributed by atoms with E-state index in [1.807, 2.05) is 26.0 Å². The van der Waals surface area contributed by atoms with Crippen molar-refractivity contribution in [1.82, 2.24) is 9.97 Å². The predicted octanol–water partition coefficient (Wildman–Crippen LogP) is 3.93. The molecule has 0 fully saturated rings. The molecule has 1 aromatic heterocycles. The summed E-state index contributed by atoms with van der Waals surface area (Å²) in [4.78, 5) is 8.28. The summed E-state index contributed by atoms with van der Waals surface area (Å²) in [6.45, 7) is 4.75. The fourth-order valence-corrected chi connectivity index (χ4v) is 2.16. The van der Waals surface area contributed by atoms with Gasteiger partial charge in [0.05, 0.1) is 7.11 Å². The van der Waals surface area contributed by atoms with Gasteiger partial charge in [0.2, 0.25) is 5.75 Å². The van der Waals surface area contributed by atoms with Crippen LogP contribution < -0.4 is 14.8 Å². The first-order valence-corrected chi connectivity index (χ1v) is 7.16. The maximum Gasteiger partial charge on any atom is 0.268 e. The largest absolute Gasteiger partial charge is 0.489 e. The minimum Gasteiger partial charge on any atom is -0.489 e. The summed E-state index contributed by atoms with van der Waals surface area (Å²) < 4.78 is 11.2. The lowest BCUT2D eigenvalue weighted by Crippen LogP contribution is -2.04. The Morgan fingerprint density at radius 2 is 2.05 bits per heavy atom. The van der Waals surface area contributed by atoms with Gasteiger partial charge in [-0.15, -0.1) is 0 Å². The van der Waals surface area contributed by atoms with Gasteiger partial charge in [0, 0.05) is 11.6 Å². The van der Waals surface area contributed by atoms with E-state index in [0.29, 0.717) is 23.2 Å². The number of nitrogens with zero attached hydrogens (tertiary/aromatic N) is 2. The zero-order valence-corrected chi connectivity index (χ0v) is 13.1. The third-order valence-electron chi connectivity index (χ3n) is 2.93. The van der Waals surface area contributed by atoms with Gasteiger partial charge < -0.3 is 14.8 Å². The molecular weight excluding hydrogens is 290 g/mol. The summed E-state index contributed by atoms with van der Waals surface area (Å²) in [6.07, 6.45) is 2.27. The van der Waals surface area contributed by atoms with Crippen LogP contribution in [0.1, 0.15) is 19.4 Å². The van der Waals surface area contributed by atoms with E-state index in [0.717, 1.165) is 23.6 Å². The van der Waals surface area contributed by atoms with Crippen molar-refractivity contribution in [2.24, 2.45) is 0 Å². The van der Waals surface area contributed by atoms with Gasteiger partial charge in [0.15, 0.2) is 5.82 Å². The van der Waals surface area contributed by atoms with Crippen LogP contribution in [0.5, 0.6) is 17.4 Å². The van der Waals surface area contributed by atoms with Crippen LogP contribution in [0.2, 0.25) is 5.02 Å². The second kappa shape index (κ2) is 7.13. The highest BCUT2D eigenvalue weighted by Gasteiger charge is 2.14. The van der Waals surface area contributed by atoms with Crippen molar-refractivity contribution < 1.29 is 9.47 Å². The Balaban J connectivity index is 2.32. The predicted molar refractivity (Wildman–Crippen MR) is 83.7 cm³/mol. The van der Waals surface area contributed by atoms with Crippen LogP contribution >= 0.6 is 11.6 Å². The van der Waals surface area contributed by atoms with Crippen LogP contribution in [0.3, 0.4) is 0 Å². The SMILES string of the molecule is CCNc1ncnc(Oc2ccc(Cl)c(CC)c2)c1OC. The molecule has 2 rings (SSSR count). The molecule has 0 unspecified atom stereocenters. The molecule has 1 aromatic carbocycles. The molecule has 0 spiro atoms. The molecule has 6 heteroatoms. The lowest BCUT2D eigenvalue weighted by Gasteiger charge is -2.13. The third kappa shape index (κ3) is 3.55. The molecule has 0 radical (unpaired) electrons. The summed E-state index contributed by atoms with van der Waals surface area (Å²) in [5.74, 6) is 2.12. The van der Waals surface area contributed by atoms with Gasteiger partial charge in [0.25, 0.3) is 5.88 Å². The number of rotatable bonds is 6. The highest BCUT2D eigenvalue weighted by atomic mass is 35.5.